The van der Waals surface area contributed by atoms with Crippen molar-refractivity contribution < 1.29 is 40.0 Å². The predicted octanol–water partition coefficient (Wildman–Crippen LogP) is 5.65. The van der Waals surface area contributed by atoms with Gasteiger partial charge in [0.1, 0.15) is 0 Å². The van der Waals surface area contributed by atoms with Crippen LogP contribution in [0.5, 0.6) is 0 Å². The van der Waals surface area contributed by atoms with Gasteiger partial charge in [-0.2, -0.15) is 17.6 Å². The zero-order valence-corrected chi connectivity index (χ0v) is 14.7. The lowest BCUT2D eigenvalue weighted by Gasteiger charge is -2.32. The first-order valence-electron chi connectivity index (χ1n) is 6.84. The van der Waals surface area contributed by atoms with E-state index in [1.165, 1.54) is 12.1 Å². The van der Waals surface area contributed by atoms with Crippen molar-refractivity contribution in [2.75, 3.05) is 14.2 Å². The zero-order chi connectivity index (χ0) is 18.7. The van der Waals surface area contributed by atoms with Gasteiger partial charge in [-0.1, -0.05) is 24.3 Å². The van der Waals surface area contributed by atoms with E-state index in [9.17, 15) is 26.7 Å². The van der Waals surface area contributed by atoms with E-state index in [1.54, 1.807) is 0 Å². The molecule has 0 fully saturated rings. The average Bonchev–Trinajstić information content (AvgIpc) is 2.59. The molecule has 0 amide bonds. The molecule has 2 unspecified atom stereocenters. The molecule has 2 atom stereocenters. The van der Waals surface area contributed by atoms with Gasteiger partial charge < -0.3 is 9.05 Å². The van der Waals surface area contributed by atoms with E-state index in [0.717, 1.165) is 24.3 Å². The van der Waals surface area contributed by atoms with Crippen molar-refractivity contribution in [3.05, 3.63) is 47.5 Å². The molecule has 11 heteroatoms. The first-order chi connectivity index (χ1) is 11.5. The predicted molar refractivity (Wildman–Crippen MR) is 82.1 cm³/mol. The summed E-state index contributed by atoms with van der Waals surface area (Å²) in [5.41, 5.74) is -10.2. The highest BCUT2D eigenvalue weighted by Gasteiger charge is 2.64. The van der Waals surface area contributed by atoms with Crippen LogP contribution in [-0.2, 0) is 33.8 Å². The Morgan fingerprint density at radius 2 is 1.20 bits per heavy atom. The van der Waals surface area contributed by atoms with Crippen LogP contribution in [0.15, 0.2) is 36.4 Å². The van der Waals surface area contributed by atoms with Crippen molar-refractivity contribution in [1.29, 1.82) is 0 Å². The van der Waals surface area contributed by atoms with Crippen molar-refractivity contribution in [3.8, 4) is 0 Å². The van der Waals surface area contributed by atoms with Crippen molar-refractivity contribution in [3.63, 3.8) is 0 Å². The lowest BCUT2D eigenvalue weighted by molar-refractivity contribution is 0.0313. The lowest BCUT2D eigenvalue weighted by atomic mass is 10.0. The van der Waals surface area contributed by atoms with Crippen LogP contribution in [0.2, 0.25) is 0 Å². The second-order valence-electron chi connectivity index (χ2n) is 5.30. The third-order valence-electron chi connectivity index (χ3n) is 3.92. The Morgan fingerprint density at radius 1 is 0.800 bits per heavy atom. The monoisotopic (exact) mass is 398 g/mol. The Hall–Kier alpha value is -1.24. The molecule has 0 aromatic heterocycles. The van der Waals surface area contributed by atoms with E-state index in [4.69, 9.17) is 0 Å². The van der Waals surface area contributed by atoms with Gasteiger partial charge >= 0.3 is 26.5 Å². The normalized spacial score (nSPS) is 30.6. The van der Waals surface area contributed by atoms with Crippen LogP contribution in [0.4, 0.5) is 17.6 Å². The van der Waals surface area contributed by atoms with E-state index in [0.29, 0.717) is 19.6 Å². The second kappa shape index (κ2) is 5.63. The Bertz CT molecular complexity index is 875. The first-order valence-corrected chi connectivity index (χ1v) is 9.93. The minimum absolute atomic E-state index is 0.0292. The Morgan fingerprint density at radius 3 is 1.56 bits per heavy atom. The maximum absolute atomic E-state index is 14.7. The maximum atomic E-state index is 14.7. The second-order valence-corrected chi connectivity index (χ2v) is 9.80. The van der Waals surface area contributed by atoms with Crippen LogP contribution in [0.25, 0.3) is 10.8 Å². The number of benzene rings is 2. The summed E-state index contributed by atoms with van der Waals surface area (Å²) in [7, 11) is -10.0. The molecule has 0 radical (unpaired) electrons. The number of halogens is 4. The zero-order valence-electron chi connectivity index (χ0n) is 12.9. The number of fused-ring (bicyclic) bond motifs is 2. The quantitative estimate of drug-likeness (QED) is 0.484. The van der Waals surface area contributed by atoms with Crippen molar-refractivity contribution in [2.45, 2.75) is 11.3 Å². The molecule has 3 bridgehead atoms. The summed E-state index contributed by atoms with van der Waals surface area (Å²) in [5.74, 6) is 0. The van der Waals surface area contributed by atoms with Gasteiger partial charge in [0.15, 0.2) is 0 Å². The number of alkyl halides is 4. The summed E-state index contributed by atoms with van der Waals surface area (Å²) in [6.07, 6.45) is 0. The van der Waals surface area contributed by atoms with Crippen LogP contribution in [-0.4, -0.2) is 14.2 Å². The summed E-state index contributed by atoms with van der Waals surface area (Å²) >= 11 is 0. The molecule has 1 heterocycles. The molecule has 136 valence electrons. The largest absolute Gasteiger partial charge is 0.411 e. The van der Waals surface area contributed by atoms with Gasteiger partial charge in [0.2, 0.25) is 0 Å². The average molecular weight is 398 g/mol. The molecular formula is C14H12F4O5P2. The fraction of sp³-hybridized carbons (Fsp3) is 0.286. The molecule has 2 aromatic rings. The topological polar surface area (TPSA) is 61.8 Å². The highest BCUT2D eigenvalue weighted by molar-refractivity contribution is 7.68. The van der Waals surface area contributed by atoms with E-state index in [1.807, 2.05) is 0 Å². The molecule has 0 N–H and O–H groups in total. The van der Waals surface area contributed by atoms with Crippen molar-refractivity contribution in [1.82, 2.24) is 0 Å². The molecule has 0 saturated carbocycles. The smallest absolute Gasteiger partial charge is 0.307 e. The van der Waals surface area contributed by atoms with Gasteiger partial charge in [0.25, 0.3) is 0 Å². The maximum Gasteiger partial charge on any atom is 0.411 e. The van der Waals surface area contributed by atoms with Gasteiger partial charge in [-0.15, -0.1) is 0 Å². The minimum atomic E-state index is -5.62. The summed E-state index contributed by atoms with van der Waals surface area (Å²) in [4.78, 5) is 0. The molecule has 2 aromatic carbocycles. The molecular weight excluding hydrogens is 386 g/mol. The first kappa shape index (κ1) is 18.5. The molecule has 0 spiro atoms. The molecule has 5 nitrogen and oxygen atoms in total. The Kier molecular flexibility index (Phi) is 4.18. The van der Waals surface area contributed by atoms with Crippen LogP contribution in [0, 0.1) is 0 Å². The van der Waals surface area contributed by atoms with Gasteiger partial charge in [0, 0.05) is 25.3 Å². The molecule has 0 saturated heterocycles. The summed E-state index contributed by atoms with van der Waals surface area (Å²) < 4.78 is 96.8. The lowest BCUT2D eigenvalue weighted by Crippen LogP contribution is -2.22. The van der Waals surface area contributed by atoms with Gasteiger partial charge in [0.05, 0.1) is 0 Å². The Labute approximate surface area is 139 Å². The number of hydrogen-bond acceptors (Lipinski definition) is 5. The van der Waals surface area contributed by atoms with Gasteiger partial charge in [-0.25, -0.2) is 4.31 Å². The highest BCUT2D eigenvalue weighted by Crippen LogP contribution is 2.80. The summed E-state index contributed by atoms with van der Waals surface area (Å²) in [6.45, 7) is 0. The van der Waals surface area contributed by atoms with E-state index >= 15 is 0 Å². The Balaban J connectivity index is 2.45. The molecule has 1 aliphatic heterocycles. The van der Waals surface area contributed by atoms with Crippen LogP contribution >= 0.6 is 15.2 Å². The molecule has 3 rings (SSSR count). The molecule has 25 heavy (non-hydrogen) atoms. The van der Waals surface area contributed by atoms with E-state index < -0.39 is 37.6 Å². The SMILES string of the molecule is COP1(=O)OP(=O)(OC)C(F)(F)c2ccc3ccc(cc3c2)C1(F)F. The third kappa shape index (κ3) is 2.49. The van der Waals surface area contributed by atoms with Crippen molar-refractivity contribution in [2.24, 2.45) is 0 Å². The fourth-order valence-corrected chi connectivity index (χ4v) is 6.33. The summed E-state index contributed by atoms with van der Waals surface area (Å²) in [5, 5.41) is 0.418. The standard InChI is InChI=1S/C14H12F4O5P2/c1-21-24(19)13(15,16)11-5-3-9-4-6-12(8-10(9)7-11)14(17,18)25(20,22-2)23-24/h3-8H,1-2H3. The van der Waals surface area contributed by atoms with Gasteiger partial charge in [-0.05, 0) is 22.9 Å². The van der Waals surface area contributed by atoms with E-state index in [2.05, 4.69) is 13.4 Å². The molecule has 1 aliphatic rings. The van der Waals surface area contributed by atoms with Crippen LogP contribution < -0.4 is 0 Å². The van der Waals surface area contributed by atoms with Crippen molar-refractivity contribution >= 4 is 26.0 Å². The molecule has 0 aliphatic carbocycles. The third-order valence-corrected chi connectivity index (χ3v) is 8.49. The number of rotatable bonds is 2. The van der Waals surface area contributed by atoms with Gasteiger partial charge in [-0.3, -0.25) is 9.13 Å². The number of hydrogen-bond donors (Lipinski definition) is 0. The fourth-order valence-electron chi connectivity index (χ4n) is 2.48. The van der Waals surface area contributed by atoms with Crippen LogP contribution in [0.1, 0.15) is 11.1 Å². The highest BCUT2D eigenvalue weighted by atomic mass is 31.3. The van der Waals surface area contributed by atoms with E-state index in [-0.39, 0.29) is 5.39 Å². The summed E-state index contributed by atoms with van der Waals surface area (Å²) in [6, 6.07) is 6.28. The van der Waals surface area contributed by atoms with Crippen LogP contribution in [0.3, 0.4) is 0 Å². The minimum Gasteiger partial charge on any atom is -0.307 e.